The van der Waals surface area contributed by atoms with E-state index in [4.69, 9.17) is 9.84 Å². The summed E-state index contributed by atoms with van der Waals surface area (Å²) >= 11 is 0. The van der Waals surface area contributed by atoms with E-state index in [-0.39, 0.29) is 18.1 Å². The molecule has 0 amide bonds. The number of hydrogen-bond acceptors (Lipinski definition) is 5. The minimum Gasteiger partial charge on any atom is -0.481 e. The molecule has 108 valence electrons. The monoisotopic (exact) mass is 279 g/mol. The molecule has 7 nitrogen and oxygen atoms in total. The van der Waals surface area contributed by atoms with Crippen molar-refractivity contribution in [3.63, 3.8) is 0 Å². The normalized spacial score (nSPS) is 22.8. The van der Waals surface area contributed by atoms with Gasteiger partial charge in [0.15, 0.2) is 0 Å². The highest BCUT2D eigenvalue weighted by Gasteiger charge is 2.28. The van der Waals surface area contributed by atoms with Gasteiger partial charge in [-0.3, -0.25) is 9.59 Å². The number of ether oxygens (including phenoxy) is 1. The van der Waals surface area contributed by atoms with Gasteiger partial charge >= 0.3 is 5.97 Å². The molecule has 0 radical (unpaired) electrons. The van der Waals surface area contributed by atoms with Gasteiger partial charge in [0.1, 0.15) is 11.6 Å². The molecule has 1 saturated carbocycles. The molecule has 0 bridgehead atoms. The van der Waals surface area contributed by atoms with E-state index in [0.717, 1.165) is 18.7 Å². The van der Waals surface area contributed by atoms with Gasteiger partial charge in [-0.05, 0) is 12.8 Å². The molecule has 0 spiro atoms. The average Bonchev–Trinajstić information content (AvgIpc) is 3.22. The summed E-state index contributed by atoms with van der Waals surface area (Å²) in [5.74, 6) is 0.857. The molecule has 1 aromatic heterocycles. The fourth-order valence-corrected chi connectivity index (χ4v) is 2.42. The lowest BCUT2D eigenvalue weighted by Crippen LogP contribution is -2.44. The molecule has 1 aliphatic carbocycles. The first-order valence-corrected chi connectivity index (χ1v) is 6.81. The van der Waals surface area contributed by atoms with Crippen molar-refractivity contribution in [1.29, 1.82) is 0 Å². The number of anilines is 1. The molecular weight excluding hydrogens is 262 g/mol. The Morgan fingerprint density at radius 1 is 1.55 bits per heavy atom. The van der Waals surface area contributed by atoms with Crippen molar-refractivity contribution >= 4 is 11.8 Å². The van der Waals surface area contributed by atoms with Crippen LogP contribution in [0.4, 0.5) is 5.82 Å². The number of aromatic nitrogens is 2. The lowest BCUT2D eigenvalue weighted by Gasteiger charge is -2.33. The summed E-state index contributed by atoms with van der Waals surface area (Å²) in [7, 11) is 0. The van der Waals surface area contributed by atoms with Gasteiger partial charge in [0.25, 0.3) is 5.56 Å². The summed E-state index contributed by atoms with van der Waals surface area (Å²) < 4.78 is 5.42. The summed E-state index contributed by atoms with van der Waals surface area (Å²) in [5.41, 5.74) is -0.154. The standard InChI is InChI=1S/C13H17N3O4/c17-11-6-10(14-13(15-11)8-1-2-8)16-3-4-20-9(7-16)5-12(18)19/h6,8-9H,1-5,7H2,(H,18,19)(H,14,15,17). The van der Waals surface area contributed by atoms with Crippen LogP contribution in [0.15, 0.2) is 10.9 Å². The molecule has 1 atom stereocenters. The van der Waals surface area contributed by atoms with Crippen LogP contribution in [0.5, 0.6) is 0 Å². The van der Waals surface area contributed by atoms with Crippen LogP contribution in [-0.2, 0) is 9.53 Å². The topological polar surface area (TPSA) is 95.5 Å². The molecular formula is C13H17N3O4. The average molecular weight is 279 g/mol. The predicted octanol–water partition coefficient (Wildman–Crippen LogP) is 0.327. The van der Waals surface area contributed by atoms with Crippen LogP contribution in [0.2, 0.25) is 0 Å². The first kappa shape index (κ1) is 13.1. The van der Waals surface area contributed by atoms with Crippen molar-refractivity contribution in [2.75, 3.05) is 24.6 Å². The molecule has 7 heteroatoms. The van der Waals surface area contributed by atoms with E-state index in [1.54, 1.807) is 0 Å². The number of nitrogens with one attached hydrogen (secondary N) is 1. The number of hydrogen-bond donors (Lipinski definition) is 2. The molecule has 2 fully saturated rings. The van der Waals surface area contributed by atoms with Crippen LogP contribution >= 0.6 is 0 Å². The molecule has 3 rings (SSSR count). The first-order valence-electron chi connectivity index (χ1n) is 6.81. The number of morpholine rings is 1. The molecule has 1 saturated heterocycles. The lowest BCUT2D eigenvalue weighted by molar-refractivity contribution is -0.140. The smallest absolute Gasteiger partial charge is 0.306 e. The van der Waals surface area contributed by atoms with E-state index in [2.05, 4.69) is 9.97 Å². The highest BCUT2D eigenvalue weighted by Crippen LogP contribution is 2.37. The molecule has 20 heavy (non-hydrogen) atoms. The second kappa shape index (κ2) is 5.24. The van der Waals surface area contributed by atoms with Crippen LogP contribution < -0.4 is 10.5 Å². The SMILES string of the molecule is O=C(O)CC1CN(c2cc(=O)[nH]c(C3CC3)n2)CCO1. The predicted molar refractivity (Wildman–Crippen MR) is 71.0 cm³/mol. The number of carboxylic acids is 1. The maximum atomic E-state index is 11.7. The minimum absolute atomic E-state index is 0.0326. The summed E-state index contributed by atoms with van der Waals surface area (Å²) in [4.78, 5) is 31.6. The molecule has 0 aromatic carbocycles. The van der Waals surface area contributed by atoms with Crippen molar-refractivity contribution < 1.29 is 14.6 Å². The highest BCUT2D eigenvalue weighted by molar-refractivity contribution is 5.67. The summed E-state index contributed by atoms with van der Waals surface area (Å²) in [6.45, 7) is 1.52. The third-order valence-corrected chi connectivity index (χ3v) is 3.58. The van der Waals surface area contributed by atoms with E-state index < -0.39 is 5.97 Å². The Kier molecular flexibility index (Phi) is 3.43. The number of aromatic amines is 1. The molecule has 2 N–H and O–H groups in total. The second-order valence-corrected chi connectivity index (χ2v) is 5.30. The number of rotatable bonds is 4. The molecule has 1 unspecified atom stereocenters. The van der Waals surface area contributed by atoms with Crippen LogP contribution in [0.3, 0.4) is 0 Å². The number of carboxylic acid groups (broad SMARTS) is 1. The Balaban J connectivity index is 1.77. The van der Waals surface area contributed by atoms with Gasteiger partial charge < -0.3 is 19.7 Å². The summed E-state index contributed by atoms with van der Waals surface area (Å²) in [5, 5.41) is 8.82. The third kappa shape index (κ3) is 2.98. The van der Waals surface area contributed by atoms with Crippen molar-refractivity contribution in [3.05, 3.63) is 22.2 Å². The Bertz CT molecular complexity index is 567. The van der Waals surface area contributed by atoms with Gasteiger partial charge in [-0.1, -0.05) is 0 Å². The number of H-pyrrole nitrogens is 1. The zero-order valence-electron chi connectivity index (χ0n) is 11.0. The Labute approximate surface area is 115 Å². The number of aliphatic carboxylic acids is 1. The van der Waals surface area contributed by atoms with E-state index in [1.165, 1.54) is 6.07 Å². The van der Waals surface area contributed by atoms with Crippen LogP contribution in [-0.4, -0.2) is 46.8 Å². The quantitative estimate of drug-likeness (QED) is 0.824. The van der Waals surface area contributed by atoms with E-state index in [1.807, 2.05) is 4.90 Å². The maximum Gasteiger partial charge on any atom is 0.306 e. The van der Waals surface area contributed by atoms with Crippen LogP contribution in [0, 0.1) is 0 Å². The Morgan fingerprint density at radius 3 is 3.05 bits per heavy atom. The zero-order valence-corrected chi connectivity index (χ0v) is 11.0. The Hall–Kier alpha value is -1.89. The zero-order chi connectivity index (χ0) is 14.1. The van der Waals surface area contributed by atoms with Gasteiger partial charge in [-0.2, -0.15) is 0 Å². The van der Waals surface area contributed by atoms with Gasteiger partial charge in [-0.15, -0.1) is 0 Å². The number of nitrogens with zero attached hydrogens (tertiary/aromatic N) is 2. The van der Waals surface area contributed by atoms with Crippen LogP contribution in [0.25, 0.3) is 0 Å². The molecule has 1 aliphatic heterocycles. The molecule has 1 aromatic rings. The summed E-state index contributed by atoms with van der Waals surface area (Å²) in [6.07, 6.45) is 1.75. The third-order valence-electron chi connectivity index (χ3n) is 3.58. The molecule has 2 heterocycles. The van der Waals surface area contributed by atoms with E-state index >= 15 is 0 Å². The highest BCUT2D eigenvalue weighted by atomic mass is 16.5. The Morgan fingerprint density at radius 2 is 2.35 bits per heavy atom. The first-order chi connectivity index (χ1) is 9.61. The van der Waals surface area contributed by atoms with Gasteiger partial charge in [-0.25, -0.2) is 4.98 Å². The largest absolute Gasteiger partial charge is 0.481 e. The van der Waals surface area contributed by atoms with Crippen molar-refractivity contribution in [3.8, 4) is 0 Å². The van der Waals surface area contributed by atoms with E-state index in [9.17, 15) is 9.59 Å². The fraction of sp³-hybridized carbons (Fsp3) is 0.615. The van der Waals surface area contributed by atoms with Crippen molar-refractivity contribution in [1.82, 2.24) is 9.97 Å². The van der Waals surface area contributed by atoms with Gasteiger partial charge in [0, 0.05) is 25.1 Å². The minimum atomic E-state index is -0.880. The molecule has 2 aliphatic rings. The van der Waals surface area contributed by atoms with E-state index in [0.29, 0.717) is 31.4 Å². The lowest BCUT2D eigenvalue weighted by atomic mass is 10.2. The number of carbonyl (C=O) groups is 1. The second-order valence-electron chi connectivity index (χ2n) is 5.30. The van der Waals surface area contributed by atoms with Gasteiger partial charge in [0.05, 0.1) is 19.1 Å². The van der Waals surface area contributed by atoms with Crippen molar-refractivity contribution in [2.45, 2.75) is 31.3 Å². The van der Waals surface area contributed by atoms with Crippen molar-refractivity contribution in [2.24, 2.45) is 0 Å². The van der Waals surface area contributed by atoms with Crippen LogP contribution in [0.1, 0.15) is 31.0 Å². The van der Waals surface area contributed by atoms with Gasteiger partial charge in [0.2, 0.25) is 0 Å². The summed E-state index contributed by atoms with van der Waals surface area (Å²) in [6, 6.07) is 1.47. The fourth-order valence-electron chi connectivity index (χ4n) is 2.42. The maximum absolute atomic E-state index is 11.7.